The van der Waals surface area contributed by atoms with Gasteiger partial charge in [-0.2, -0.15) is 9.61 Å². The van der Waals surface area contributed by atoms with Crippen molar-refractivity contribution in [3.05, 3.63) is 46.9 Å². The Hall–Kier alpha value is -2.34. The molecule has 1 N–H and O–H groups in total. The van der Waals surface area contributed by atoms with Crippen LogP contribution in [-0.4, -0.2) is 27.7 Å². The van der Waals surface area contributed by atoms with Crippen LogP contribution >= 0.6 is 11.6 Å². The highest BCUT2D eigenvalue weighted by Gasteiger charge is 2.18. The predicted molar refractivity (Wildman–Crippen MR) is 105 cm³/mol. The first-order chi connectivity index (χ1) is 12.5. The fourth-order valence-electron chi connectivity index (χ4n) is 3.08. The van der Waals surface area contributed by atoms with Crippen molar-refractivity contribution in [2.75, 3.05) is 23.3 Å². The molecule has 138 valence electrons. The summed E-state index contributed by atoms with van der Waals surface area (Å²) < 4.78 is 16.1. The third-order valence-corrected chi connectivity index (χ3v) is 4.45. The average molecular weight is 376 g/mol. The molecule has 0 saturated carbocycles. The number of benzene rings is 1. The van der Waals surface area contributed by atoms with Crippen LogP contribution < -0.4 is 10.2 Å². The van der Waals surface area contributed by atoms with Crippen molar-refractivity contribution in [2.24, 2.45) is 0 Å². The third kappa shape index (κ3) is 3.60. The Morgan fingerprint density at radius 3 is 2.58 bits per heavy atom. The van der Waals surface area contributed by atoms with Gasteiger partial charge in [0, 0.05) is 29.7 Å². The lowest BCUT2D eigenvalue weighted by Gasteiger charge is -2.27. The Morgan fingerprint density at radius 2 is 1.92 bits per heavy atom. The summed E-state index contributed by atoms with van der Waals surface area (Å²) in [4.78, 5) is 6.93. The number of anilines is 3. The second kappa shape index (κ2) is 7.91. The van der Waals surface area contributed by atoms with E-state index in [0.717, 1.165) is 43.0 Å². The summed E-state index contributed by atoms with van der Waals surface area (Å²) >= 11 is 5.85. The molecule has 3 rings (SSSR count). The van der Waals surface area contributed by atoms with Gasteiger partial charge in [0.25, 0.3) is 0 Å². The predicted octanol–water partition coefficient (Wildman–Crippen LogP) is 5.20. The normalized spacial score (nSPS) is 11.1. The molecule has 2 heterocycles. The standard InChI is InChI=1S/C19H23ClFN5/c1-4-10-25(11-5-2)19-13(3)18(24-17-8-9-22-26(17)19)23-16-7-6-14(20)12-15(16)21/h6-9,12H,4-5,10-11H2,1-3H3,(H,23,24). The minimum atomic E-state index is -0.410. The van der Waals surface area contributed by atoms with Gasteiger partial charge >= 0.3 is 0 Å². The van der Waals surface area contributed by atoms with Gasteiger partial charge in [0.05, 0.1) is 11.9 Å². The maximum atomic E-state index is 14.2. The first-order valence-electron chi connectivity index (χ1n) is 8.86. The Kier molecular flexibility index (Phi) is 5.61. The van der Waals surface area contributed by atoms with Gasteiger partial charge in [-0.3, -0.25) is 0 Å². The molecule has 0 fully saturated rings. The average Bonchev–Trinajstić information content (AvgIpc) is 3.06. The van der Waals surface area contributed by atoms with E-state index in [1.807, 2.05) is 17.5 Å². The maximum absolute atomic E-state index is 14.2. The molecule has 26 heavy (non-hydrogen) atoms. The van der Waals surface area contributed by atoms with Gasteiger partial charge in [-0.1, -0.05) is 25.4 Å². The Bertz CT molecular complexity index is 902. The highest BCUT2D eigenvalue weighted by Crippen LogP contribution is 2.30. The van der Waals surface area contributed by atoms with Gasteiger partial charge in [-0.15, -0.1) is 0 Å². The van der Waals surface area contributed by atoms with Crippen LogP contribution in [0.5, 0.6) is 0 Å². The van der Waals surface area contributed by atoms with Crippen LogP contribution in [0, 0.1) is 12.7 Å². The van der Waals surface area contributed by atoms with Crippen molar-refractivity contribution in [2.45, 2.75) is 33.6 Å². The van der Waals surface area contributed by atoms with Crippen molar-refractivity contribution in [1.29, 1.82) is 0 Å². The van der Waals surface area contributed by atoms with E-state index in [1.54, 1.807) is 18.3 Å². The van der Waals surface area contributed by atoms with Gasteiger partial charge < -0.3 is 10.2 Å². The van der Waals surface area contributed by atoms with Crippen molar-refractivity contribution in [3.8, 4) is 0 Å². The topological polar surface area (TPSA) is 45.5 Å². The number of hydrogen-bond donors (Lipinski definition) is 1. The zero-order valence-corrected chi connectivity index (χ0v) is 16.0. The van der Waals surface area contributed by atoms with E-state index in [9.17, 15) is 4.39 Å². The third-order valence-electron chi connectivity index (χ3n) is 4.21. The quantitative estimate of drug-likeness (QED) is 0.616. The van der Waals surface area contributed by atoms with Crippen LogP contribution in [0.25, 0.3) is 5.65 Å². The summed E-state index contributed by atoms with van der Waals surface area (Å²) in [5.41, 5.74) is 1.99. The summed E-state index contributed by atoms with van der Waals surface area (Å²) in [6.07, 6.45) is 3.78. The first-order valence-corrected chi connectivity index (χ1v) is 9.24. The fraction of sp³-hybridized carbons (Fsp3) is 0.368. The molecule has 0 radical (unpaired) electrons. The first kappa shape index (κ1) is 18.5. The van der Waals surface area contributed by atoms with Gasteiger partial charge in [0.15, 0.2) is 5.65 Å². The Balaban J connectivity index is 2.10. The molecular weight excluding hydrogens is 353 g/mol. The zero-order valence-electron chi connectivity index (χ0n) is 15.3. The van der Waals surface area contributed by atoms with E-state index >= 15 is 0 Å². The second-order valence-electron chi connectivity index (χ2n) is 6.25. The molecular formula is C19H23ClFN5. The lowest BCUT2D eigenvalue weighted by atomic mass is 10.2. The minimum absolute atomic E-state index is 0.345. The number of hydrogen-bond acceptors (Lipinski definition) is 4. The lowest BCUT2D eigenvalue weighted by Crippen LogP contribution is -2.28. The van der Waals surface area contributed by atoms with Gasteiger partial charge in [-0.25, -0.2) is 9.37 Å². The largest absolute Gasteiger partial charge is 0.356 e. The van der Waals surface area contributed by atoms with Gasteiger partial charge in [0.2, 0.25) is 0 Å². The number of nitrogens with one attached hydrogen (secondary N) is 1. The molecule has 1 aromatic carbocycles. The zero-order chi connectivity index (χ0) is 18.7. The molecule has 0 atom stereocenters. The number of halogens is 2. The number of rotatable bonds is 7. The molecule has 3 aromatic rings. The molecule has 0 aliphatic rings. The van der Waals surface area contributed by atoms with Gasteiger partial charge in [-0.05, 0) is 38.0 Å². The fourth-order valence-corrected chi connectivity index (χ4v) is 3.24. The molecule has 7 heteroatoms. The highest BCUT2D eigenvalue weighted by atomic mass is 35.5. The smallest absolute Gasteiger partial charge is 0.159 e. The van der Waals surface area contributed by atoms with Crippen molar-refractivity contribution < 1.29 is 4.39 Å². The van der Waals surface area contributed by atoms with Gasteiger partial charge in [0.1, 0.15) is 17.5 Å². The maximum Gasteiger partial charge on any atom is 0.159 e. The SMILES string of the molecule is CCCN(CCC)c1c(C)c(Nc2ccc(Cl)cc2F)nc2ccnn12. The van der Waals surface area contributed by atoms with Crippen molar-refractivity contribution >= 4 is 34.6 Å². The van der Waals surface area contributed by atoms with Crippen molar-refractivity contribution in [3.63, 3.8) is 0 Å². The summed E-state index contributed by atoms with van der Waals surface area (Å²) in [5.74, 6) is 1.19. The molecule has 0 aliphatic carbocycles. The molecule has 2 aromatic heterocycles. The van der Waals surface area contributed by atoms with Crippen LogP contribution in [0.2, 0.25) is 5.02 Å². The van der Waals surface area contributed by atoms with Crippen LogP contribution in [0.3, 0.4) is 0 Å². The minimum Gasteiger partial charge on any atom is -0.356 e. The molecule has 0 spiro atoms. The van der Waals surface area contributed by atoms with E-state index < -0.39 is 5.82 Å². The summed E-state index contributed by atoms with van der Waals surface area (Å²) in [5, 5.41) is 7.91. The van der Waals surface area contributed by atoms with Crippen LogP contribution in [0.4, 0.5) is 21.7 Å². The van der Waals surface area contributed by atoms with E-state index in [0.29, 0.717) is 16.5 Å². The van der Waals surface area contributed by atoms with E-state index in [2.05, 4.69) is 34.1 Å². The van der Waals surface area contributed by atoms with Crippen LogP contribution in [-0.2, 0) is 0 Å². The second-order valence-corrected chi connectivity index (χ2v) is 6.68. The highest BCUT2D eigenvalue weighted by molar-refractivity contribution is 6.30. The summed E-state index contributed by atoms with van der Waals surface area (Å²) in [7, 11) is 0. The van der Waals surface area contributed by atoms with E-state index in [1.165, 1.54) is 6.07 Å². The number of aromatic nitrogens is 3. The van der Waals surface area contributed by atoms with Crippen LogP contribution in [0.1, 0.15) is 32.3 Å². The Labute approximate surface area is 157 Å². The van der Waals surface area contributed by atoms with Crippen molar-refractivity contribution in [1.82, 2.24) is 14.6 Å². The summed E-state index contributed by atoms with van der Waals surface area (Å²) in [6, 6.07) is 6.41. The number of nitrogens with zero attached hydrogens (tertiary/aromatic N) is 4. The molecule has 0 bridgehead atoms. The molecule has 5 nitrogen and oxygen atoms in total. The molecule has 0 unspecified atom stereocenters. The summed E-state index contributed by atoms with van der Waals surface area (Å²) in [6.45, 7) is 8.13. The molecule has 0 aliphatic heterocycles. The molecule has 0 saturated heterocycles. The Morgan fingerprint density at radius 1 is 1.19 bits per heavy atom. The number of fused-ring (bicyclic) bond motifs is 1. The molecule has 0 amide bonds. The lowest BCUT2D eigenvalue weighted by molar-refractivity contribution is 0.632. The monoisotopic (exact) mass is 375 g/mol. The van der Waals surface area contributed by atoms with Crippen LogP contribution in [0.15, 0.2) is 30.5 Å². The van der Waals surface area contributed by atoms with E-state index in [-0.39, 0.29) is 0 Å². The van der Waals surface area contributed by atoms with E-state index in [4.69, 9.17) is 11.6 Å².